The molecule has 3 nitrogen and oxygen atoms in total. The number of amidine groups is 1. The lowest BCUT2D eigenvalue weighted by atomic mass is 9.75. The summed E-state index contributed by atoms with van der Waals surface area (Å²) in [5, 5.41) is 0. The van der Waals surface area contributed by atoms with Crippen LogP contribution in [0.3, 0.4) is 0 Å². The fourth-order valence-corrected chi connectivity index (χ4v) is 4.04. The van der Waals surface area contributed by atoms with Gasteiger partial charge < -0.3 is 9.64 Å². The van der Waals surface area contributed by atoms with Gasteiger partial charge in [0, 0.05) is 12.1 Å². The Bertz CT molecular complexity index is 371. The molecule has 0 aromatic heterocycles. The molecule has 5 heteroatoms. The lowest BCUT2D eigenvalue weighted by Crippen LogP contribution is -2.44. The predicted octanol–water partition coefficient (Wildman–Crippen LogP) is 3.49. The molecule has 2 radical (unpaired) electrons. The standard InChI is InChI=1S/C15H26BIN2O/c1-10(2)18-14-19(11(3)4)12-7-5-6-8-15(16,17)9-13(12)20-14/h10-13H,5-9H2,1-4H3. The predicted molar refractivity (Wildman–Crippen MR) is 93.8 cm³/mol. The van der Waals surface area contributed by atoms with E-state index in [1.165, 1.54) is 19.3 Å². The molecule has 2 aliphatic rings. The smallest absolute Gasteiger partial charge is 0.288 e. The monoisotopic (exact) mass is 388 g/mol. The minimum Gasteiger partial charge on any atom is -0.460 e. The van der Waals surface area contributed by atoms with Gasteiger partial charge in [-0.05, 0) is 50.3 Å². The molecule has 1 saturated carbocycles. The van der Waals surface area contributed by atoms with E-state index in [9.17, 15) is 0 Å². The van der Waals surface area contributed by atoms with Gasteiger partial charge in [0.05, 0.1) is 13.9 Å². The highest BCUT2D eigenvalue weighted by atomic mass is 127. The third-order valence-corrected chi connectivity index (χ3v) is 5.05. The summed E-state index contributed by atoms with van der Waals surface area (Å²) in [6, 6.07) is 1.95. The number of alkyl halides is 1. The number of fused-ring (bicyclic) bond motifs is 1. The zero-order valence-electron chi connectivity index (χ0n) is 13.1. The first-order valence-corrected chi connectivity index (χ1v) is 8.88. The first-order valence-electron chi connectivity index (χ1n) is 7.81. The Labute approximate surface area is 138 Å². The summed E-state index contributed by atoms with van der Waals surface area (Å²) in [5.74, 6) is 0. The molecule has 0 aromatic rings. The third kappa shape index (κ3) is 3.83. The molecule has 1 aliphatic heterocycles. The molecule has 2 rings (SSSR count). The van der Waals surface area contributed by atoms with E-state index in [1.807, 2.05) is 0 Å². The fourth-order valence-electron chi connectivity index (χ4n) is 3.23. The van der Waals surface area contributed by atoms with E-state index in [1.54, 1.807) is 0 Å². The Morgan fingerprint density at radius 3 is 2.65 bits per heavy atom. The van der Waals surface area contributed by atoms with Gasteiger partial charge in [0.1, 0.15) is 6.10 Å². The molecule has 0 aromatic carbocycles. The molecule has 0 bridgehead atoms. The van der Waals surface area contributed by atoms with Crippen LogP contribution >= 0.6 is 22.6 Å². The molecular weight excluding hydrogens is 362 g/mol. The fraction of sp³-hybridized carbons (Fsp3) is 0.933. The van der Waals surface area contributed by atoms with Crippen LogP contribution in [0.25, 0.3) is 0 Å². The van der Waals surface area contributed by atoms with Crippen molar-refractivity contribution < 1.29 is 4.74 Å². The summed E-state index contributed by atoms with van der Waals surface area (Å²) in [7, 11) is 6.42. The van der Waals surface area contributed by atoms with E-state index in [0.29, 0.717) is 12.1 Å². The van der Waals surface area contributed by atoms with E-state index in [4.69, 9.17) is 12.6 Å². The molecule has 1 heterocycles. The van der Waals surface area contributed by atoms with Gasteiger partial charge in [0.25, 0.3) is 6.02 Å². The van der Waals surface area contributed by atoms with E-state index < -0.39 is 0 Å². The molecule has 1 aliphatic carbocycles. The molecular formula is C15H26BIN2O. The Morgan fingerprint density at radius 1 is 1.35 bits per heavy atom. The highest BCUT2D eigenvalue weighted by Gasteiger charge is 2.44. The molecule has 3 atom stereocenters. The summed E-state index contributed by atoms with van der Waals surface area (Å²) in [6.07, 6.45) is 5.82. The van der Waals surface area contributed by atoms with Gasteiger partial charge in [0.2, 0.25) is 0 Å². The van der Waals surface area contributed by atoms with Gasteiger partial charge >= 0.3 is 0 Å². The van der Waals surface area contributed by atoms with Crippen molar-refractivity contribution in [2.75, 3.05) is 0 Å². The number of ether oxygens (including phenoxy) is 1. The van der Waals surface area contributed by atoms with Crippen LogP contribution in [0.15, 0.2) is 4.99 Å². The number of rotatable bonds is 2. The second-order valence-electron chi connectivity index (χ2n) is 6.71. The molecule has 1 saturated heterocycles. The lowest BCUT2D eigenvalue weighted by Gasteiger charge is -2.34. The maximum atomic E-state index is 6.42. The normalized spacial score (nSPS) is 37.0. The van der Waals surface area contributed by atoms with Gasteiger partial charge in [-0.15, -0.1) is 0 Å². The Kier molecular flexibility index (Phi) is 5.30. The van der Waals surface area contributed by atoms with Crippen molar-refractivity contribution in [3.8, 4) is 0 Å². The minimum absolute atomic E-state index is 0.142. The molecule has 3 unspecified atom stereocenters. The van der Waals surface area contributed by atoms with Crippen LogP contribution < -0.4 is 0 Å². The van der Waals surface area contributed by atoms with Crippen LogP contribution in [0.1, 0.15) is 59.8 Å². The molecule has 0 N–H and O–H groups in total. The van der Waals surface area contributed by atoms with Crippen LogP contribution in [-0.2, 0) is 4.74 Å². The van der Waals surface area contributed by atoms with Crippen molar-refractivity contribution in [1.29, 1.82) is 0 Å². The maximum absolute atomic E-state index is 6.42. The summed E-state index contributed by atoms with van der Waals surface area (Å²) < 4.78 is 6.07. The molecule has 0 spiro atoms. The Hall–Kier alpha value is 0.0649. The number of hydrogen-bond acceptors (Lipinski definition) is 2. The van der Waals surface area contributed by atoms with Crippen molar-refractivity contribution in [1.82, 2.24) is 4.90 Å². The lowest BCUT2D eigenvalue weighted by molar-refractivity contribution is 0.149. The van der Waals surface area contributed by atoms with Crippen LogP contribution in [0.2, 0.25) is 0 Å². The Morgan fingerprint density at radius 2 is 2.05 bits per heavy atom. The molecule has 112 valence electrons. The maximum Gasteiger partial charge on any atom is 0.288 e. The third-order valence-electron chi connectivity index (χ3n) is 4.07. The number of nitrogens with zero attached hydrogens (tertiary/aromatic N) is 2. The van der Waals surface area contributed by atoms with Crippen LogP contribution in [0.5, 0.6) is 0 Å². The highest BCUT2D eigenvalue weighted by Crippen LogP contribution is 2.38. The zero-order valence-corrected chi connectivity index (χ0v) is 15.3. The molecule has 0 amide bonds. The average Bonchev–Trinajstić information content (AvgIpc) is 2.58. The number of halogens is 1. The van der Waals surface area contributed by atoms with Gasteiger partial charge in [-0.25, -0.2) is 4.99 Å². The molecule has 20 heavy (non-hydrogen) atoms. The summed E-state index contributed by atoms with van der Waals surface area (Å²) in [6.45, 7) is 8.64. The summed E-state index contributed by atoms with van der Waals surface area (Å²) in [4.78, 5) is 7.07. The van der Waals surface area contributed by atoms with Crippen LogP contribution in [0, 0.1) is 0 Å². The summed E-state index contributed by atoms with van der Waals surface area (Å²) >= 11 is 2.41. The van der Waals surface area contributed by atoms with E-state index in [-0.39, 0.29) is 15.5 Å². The van der Waals surface area contributed by atoms with Crippen LogP contribution in [-0.4, -0.2) is 46.3 Å². The van der Waals surface area contributed by atoms with Gasteiger partial charge in [-0.3, -0.25) is 0 Å². The van der Waals surface area contributed by atoms with Crippen molar-refractivity contribution in [2.45, 2.75) is 87.3 Å². The van der Waals surface area contributed by atoms with Gasteiger partial charge in [-0.2, -0.15) is 0 Å². The van der Waals surface area contributed by atoms with Gasteiger partial charge in [-0.1, -0.05) is 35.4 Å². The van der Waals surface area contributed by atoms with Crippen molar-refractivity contribution >= 4 is 36.5 Å². The quantitative estimate of drug-likeness (QED) is 0.411. The Balaban J connectivity index is 2.25. The number of hydrogen-bond donors (Lipinski definition) is 0. The first-order chi connectivity index (χ1) is 9.30. The minimum atomic E-state index is -0.142. The van der Waals surface area contributed by atoms with Crippen molar-refractivity contribution in [3.05, 3.63) is 0 Å². The van der Waals surface area contributed by atoms with E-state index in [2.05, 4.69) is 60.2 Å². The van der Waals surface area contributed by atoms with Crippen molar-refractivity contribution in [2.24, 2.45) is 4.99 Å². The average molecular weight is 388 g/mol. The number of aliphatic imine (C=N–C) groups is 1. The van der Waals surface area contributed by atoms with E-state index in [0.717, 1.165) is 18.9 Å². The second kappa shape index (κ2) is 6.45. The second-order valence-corrected chi connectivity index (χ2v) is 8.86. The zero-order chi connectivity index (χ0) is 14.9. The largest absolute Gasteiger partial charge is 0.460 e. The van der Waals surface area contributed by atoms with Crippen molar-refractivity contribution in [3.63, 3.8) is 0 Å². The van der Waals surface area contributed by atoms with Gasteiger partial charge in [0.15, 0.2) is 0 Å². The van der Waals surface area contributed by atoms with E-state index >= 15 is 0 Å². The molecule has 2 fully saturated rings. The van der Waals surface area contributed by atoms with Crippen LogP contribution in [0.4, 0.5) is 0 Å². The highest BCUT2D eigenvalue weighted by molar-refractivity contribution is 14.1. The topological polar surface area (TPSA) is 24.8 Å². The summed E-state index contributed by atoms with van der Waals surface area (Å²) in [5.41, 5.74) is 0. The SMILES string of the molecule is [B]C1(I)CCCCC2C(C1)OC(=NC(C)C)N2C(C)C. The first kappa shape index (κ1) is 16.4.